The van der Waals surface area contributed by atoms with E-state index in [4.69, 9.17) is 18.9 Å². The molecule has 0 spiro atoms. The molecule has 1 saturated carbocycles. The van der Waals surface area contributed by atoms with Crippen LogP contribution in [0.1, 0.15) is 45.7 Å². The van der Waals surface area contributed by atoms with Crippen molar-refractivity contribution in [1.29, 1.82) is 0 Å². The largest absolute Gasteiger partial charge is 0.392 e. The lowest BCUT2D eigenvalue weighted by Crippen LogP contribution is -2.54. The fraction of sp³-hybridized carbons (Fsp3) is 0.286. The predicted molar refractivity (Wildman–Crippen MR) is 184 cm³/mol. The minimum atomic E-state index is -0.385. The van der Waals surface area contributed by atoms with Crippen LogP contribution in [-0.2, 0) is 52.0 Å². The third-order valence-corrected chi connectivity index (χ3v) is 8.93. The first-order valence-corrected chi connectivity index (χ1v) is 16.5. The minimum Gasteiger partial charge on any atom is -0.392 e. The molecule has 0 aromatic heterocycles. The van der Waals surface area contributed by atoms with Gasteiger partial charge in [0.15, 0.2) is 0 Å². The van der Waals surface area contributed by atoms with Gasteiger partial charge in [0.2, 0.25) is 0 Å². The maximum absolute atomic E-state index is 10.0. The fourth-order valence-electron chi connectivity index (χ4n) is 6.52. The summed E-state index contributed by atoms with van der Waals surface area (Å²) in [6.45, 7) is 2.37. The zero-order chi connectivity index (χ0) is 32.1. The SMILES string of the molecule is OCc1cccc([C@@H]2C[C@H](COCc3ccccc3)[C@@H](OCc3ccccc3)[C@H](OCc3ccccc3)[C@H]2OCc2ccccc2)c1. The van der Waals surface area contributed by atoms with Crippen molar-refractivity contribution in [3.05, 3.63) is 179 Å². The topological polar surface area (TPSA) is 57.2 Å². The molecule has 5 aromatic rings. The molecule has 0 amide bonds. The first-order valence-electron chi connectivity index (χ1n) is 16.5. The van der Waals surface area contributed by atoms with Crippen molar-refractivity contribution in [2.45, 2.75) is 63.7 Å². The van der Waals surface area contributed by atoms with E-state index in [2.05, 4.69) is 60.7 Å². The highest BCUT2D eigenvalue weighted by molar-refractivity contribution is 5.29. The summed E-state index contributed by atoms with van der Waals surface area (Å²) in [5.74, 6) is 0.0236. The van der Waals surface area contributed by atoms with Gasteiger partial charge in [-0.1, -0.05) is 146 Å². The molecule has 1 aliphatic carbocycles. The second-order valence-electron chi connectivity index (χ2n) is 12.3. The summed E-state index contributed by atoms with van der Waals surface area (Å²) >= 11 is 0. The fourth-order valence-corrected chi connectivity index (χ4v) is 6.52. The maximum atomic E-state index is 10.0. The summed E-state index contributed by atoms with van der Waals surface area (Å²) in [5, 5.41) is 10.0. The Kier molecular flexibility index (Phi) is 12.0. The van der Waals surface area contributed by atoms with Crippen LogP contribution in [0.4, 0.5) is 0 Å². The molecular weight excluding hydrogens is 584 g/mol. The molecule has 5 heteroatoms. The van der Waals surface area contributed by atoms with Gasteiger partial charge in [0.1, 0.15) is 6.10 Å². The van der Waals surface area contributed by atoms with Crippen LogP contribution in [0.25, 0.3) is 0 Å². The molecule has 5 nitrogen and oxygen atoms in total. The lowest BCUT2D eigenvalue weighted by Gasteiger charge is -2.46. The molecule has 47 heavy (non-hydrogen) atoms. The van der Waals surface area contributed by atoms with Crippen LogP contribution in [0.2, 0.25) is 0 Å². The molecule has 1 fully saturated rings. The Morgan fingerprint density at radius 3 is 1.43 bits per heavy atom. The zero-order valence-electron chi connectivity index (χ0n) is 26.8. The Labute approximate surface area is 278 Å². The summed E-state index contributed by atoms with van der Waals surface area (Å²) in [5.41, 5.74) is 6.45. The average molecular weight is 629 g/mol. The van der Waals surface area contributed by atoms with Crippen molar-refractivity contribution in [2.24, 2.45) is 5.92 Å². The lowest BCUT2D eigenvalue weighted by atomic mass is 9.72. The number of ether oxygens (including phenoxy) is 4. The van der Waals surface area contributed by atoms with Crippen LogP contribution in [0, 0.1) is 5.92 Å². The highest BCUT2D eigenvalue weighted by Crippen LogP contribution is 2.42. The molecule has 0 bridgehead atoms. The van der Waals surface area contributed by atoms with Gasteiger partial charge < -0.3 is 24.1 Å². The molecule has 1 aliphatic rings. The van der Waals surface area contributed by atoms with Crippen molar-refractivity contribution in [1.82, 2.24) is 0 Å². The summed E-state index contributed by atoms with van der Waals surface area (Å²) in [6, 6.07) is 49.3. The third-order valence-electron chi connectivity index (χ3n) is 8.93. The van der Waals surface area contributed by atoms with Gasteiger partial charge in [-0.25, -0.2) is 0 Å². The average Bonchev–Trinajstić information content (AvgIpc) is 3.14. The molecule has 0 heterocycles. The van der Waals surface area contributed by atoms with E-state index >= 15 is 0 Å². The number of hydrogen-bond donors (Lipinski definition) is 1. The zero-order valence-corrected chi connectivity index (χ0v) is 26.8. The second kappa shape index (κ2) is 17.2. The number of rotatable bonds is 15. The normalized spacial score (nSPS) is 21.0. The number of aliphatic hydroxyl groups excluding tert-OH is 1. The van der Waals surface area contributed by atoms with E-state index in [1.807, 2.05) is 84.9 Å². The molecular formula is C42H44O5. The van der Waals surface area contributed by atoms with Gasteiger partial charge in [-0.05, 0) is 39.8 Å². The van der Waals surface area contributed by atoms with Crippen LogP contribution in [0.5, 0.6) is 0 Å². The molecule has 0 aliphatic heterocycles. The molecule has 0 unspecified atom stereocenters. The van der Waals surface area contributed by atoms with Gasteiger partial charge >= 0.3 is 0 Å². The first kappa shape index (κ1) is 32.8. The van der Waals surface area contributed by atoms with E-state index in [1.165, 1.54) is 0 Å². The van der Waals surface area contributed by atoms with Crippen molar-refractivity contribution in [3.8, 4) is 0 Å². The van der Waals surface area contributed by atoms with Crippen LogP contribution in [0.3, 0.4) is 0 Å². The van der Waals surface area contributed by atoms with E-state index in [0.29, 0.717) is 33.0 Å². The monoisotopic (exact) mass is 628 g/mol. The van der Waals surface area contributed by atoms with Crippen molar-refractivity contribution < 1.29 is 24.1 Å². The van der Waals surface area contributed by atoms with Crippen LogP contribution in [-0.4, -0.2) is 30.0 Å². The Morgan fingerprint density at radius 1 is 0.468 bits per heavy atom. The van der Waals surface area contributed by atoms with Gasteiger partial charge in [-0.3, -0.25) is 0 Å². The third kappa shape index (κ3) is 9.25. The number of benzene rings is 5. The van der Waals surface area contributed by atoms with Crippen molar-refractivity contribution >= 4 is 0 Å². The van der Waals surface area contributed by atoms with Crippen LogP contribution >= 0.6 is 0 Å². The van der Waals surface area contributed by atoms with Gasteiger partial charge in [-0.2, -0.15) is 0 Å². The number of hydrogen-bond acceptors (Lipinski definition) is 5. The van der Waals surface area contributed by atoms with E-state index < -0.39 is 0 Å². The summed E-state index contributed by atoms with van der Waals surface area (Å²) < 4.78 is 27.1. The molecule has 1 N–H and O–H groups in total. The minimum absolute atomic E-state index is 0.00659. The second-order valence-corrected chi connectivity index (χ2v) is 12.3. The van der Waals surface area contributed by atoms with Gasteiger partial charge in [0.25, 0.3) is 0 Å². The van der Waals surface area contributed by atoms with Crippen molar-refractivity contribution in [3.63, 3.8) is 0 Å². The predicted octanol–water partition coefficient (Wildman–Crippen LogP) is 8.26. The van der Waals surface area contributed by atoms with E-state index in [1.54, 1.807) is 0 Å². The molecule has 5 atom stereocenters. The Balaban J connectivity index is 1.35. The Morgan fingerprint density at radius 2 is 0.915 bits per heavy atom. The molecule has 0 radical (unpaired) electrons. The smallest absolute Gasteiger partial charge is 0.111 e. The van der Waals surface area contributed by atoms with Crippen molar-refractivity contribution in [2.75, 3.05) is 6.61 Å². The van der Waals surface area contributed by atoms with Crippen LogP contribution < -0.4 is 0 Å². The van der Waals surface area contributed by atoms with E-state index in [0.717, 1.165) is 39.8 Å². The highest BCUT2D eigenvalue weighted by Gasteiger charge is 2.47. The van der Waals surface area contributed by atoms with Gasteiger partial charge in [0, 0.05) is 11.8 Å². The molecule has 0 saturated heterocycles. The Bertz CT molecular complexity index is 1600. The quantitative estimate of drug-likeness (QED) is 0.127. The summed E-state index contributed by atoms with van der Waals surface area (Å²) in [4.78, 5) is 0. The highest BCUT2D eigenvalue weighted by atomic mass is 16.6. The lowest BCUT2D eigenvalue weighted by molar-refractivity contribution is -0.201. The van der Waals surface area contributed by atoms with E-state index in [9.17, 15) is 5.11 Å². The number of aliphatic hydroxyl groups is 1. The standard InChI is InChI=1S/C42H44O5/c43-26-36-22-13-23-37(24-36)39-25-38(31-44-27-32-14-5-1-6-15-32)40(45-28-33-16-7-2-8-17-33)42(47-30-35-20-11-4-12-21-35)41(39)46-29-34-18-9-3-10-19-34/h1-24,38-43H,25-31H2/t38-,39+,40-,41+,42+/m1/s1. The van der Waals surface area contributed by atoms with Gasteiger partial charge in [-0.15, -0.1) is 0 Å². The first-order chi connectivity index (χ1) is 23.3. The molecule has 6 rings (SSSR count). The summed E-state index contributed by atoms with van der Waals surface area (Å²) in [6.07, 6.45) is -0.190. The maximum Gasteiger partial charge on any atom is 0.111 e. The van der Waals surface area contributed by atoms with E-state index in [-0.39, 0.29) is 36.8 Å². The summed E-state index contributed by atoms with van der Waals surface area (Å²) in [7, 11) is 0. The molecule has 5 aromatic carbocycles. The van der Waals surface area contributed by atoms with Gasteiger partial charge in [0.05, 0.1) is 51.8 Å². The Hall–Kier alpha value is -4.10. The van der Waals surface area contributed by atoms with Crippen LogP contribution in [0.15, 0.2) is 146 Å². The molecule has 242 valence electrons.